The number of hydrogen-bond donors (Lipinski definition) is 2. The van der Waals surface area contributed by atoms with E-state index in [-0.39, 0.29) is 12.2 Å². The van der Waals surface area contributed by atoms with E-state index in [0.717, 1.165) is 13.0 Å². The van der Waals surface area contributed by atoms with E-state index in [1.165, 1.54) is 6.07 Å². The second-order valence-corrected chi connectivity index (χ2v) is 3.72. The Morgan fingerprint density at radius 2 is 2.29 bits per heavy atom. The second kappa shape index (κ2) is 6.81. The number of aliphatic carboxylic acids is 1. The van der Waals surface area contributed by atoms with Gasteiger partial charge in [-0.3, -0.25) is 4.79 Å². The number of carboxylic acid groups (broad SMARTS) is 1. The predicted octanol–water partition coefficient (Wildman–Crippen LogP) is 2.08. The van der Waals surface area contributed by atoms with E-state index in [9.17, 15) is 9.18 Å². The third-order valence-corrected chi connectivity index (χ3v) is 2.28. The standard InChI is InChI=1S/C13H16FNO2/c1-15-7-3-2-4-11-6-5-10(8-12(11)14)9-13(16)17/h2,4-6,8,15H,3,7,9H2,1H3,(H,16,17). The highest BCUT2D eigenvalue weighted by atomic mass is 19.1. The zero-order valence-electron chi connectivity index (χ0n) is 9.74. The molecular formula is C13H16FNO2. The molecule has 17 heavy (non-hydrogen) atoms. The molecule has 0 fully saturated rings. The van der Waals surface area contributed by atoms with E-state index in [2.05, 4.69) is 5.32 Å². The molecule has 3 nitrogen and oxygen atoms in total. The number of benzene rings is 1. The van der Waals surface area contributed by atoms with Gasteiger partial charge in [-0.2, -0.15) is 0 Å². The van der Waals surface area contributed by atoms with Gasteiger partial charge in [-0.05, 0) is 31.6 Å². The van der Waals surface area contributed by atoms with Crippen LogP contribution in [0.1, 0.15) is 17.5 Å². The lowest BCUT2D eigenvalue weighted by Crippen LogP contribution is -2.05. The van der Waals surface area contributed by atoms with Gasteiger partial charge < -0.3 is 10.4 Å². The van der Waals surface area contributed by atoms with Crippen LogP contribution in [0, 0.1) is 5.82 Å². The summed E-state index contributed by atoms with van der Waals surface area (Å²) in [4.78, 5) is 10.5. The van der Waals surface area contributed by atoms with Crippen LogP contribution in [0.25, 0.3) is 6.08 Å². The van der Waals surface area contributed by atoms with Gasteiger partial charge in [0, 0.05) is 5.56 Å². The van der Waals surface area contributed by atoms with E-state index in [0.29, 0.717) is 11.1 Å². The normalized spacial score (nSPS) is 10.9. The van der Waals surface area contributed by atoms with Crippen molar-refractivity contribution in [2.75, 3.05) is 13.6 Å². The molecule has 1 aromatic carbocycles. The molecule has 1 aromatic rings. The van der Waals surface area contributed by atoms with E-state index < -0.39 is 5.97 Å². The Hall–Kier alpha value is -1.68. The molecule has 0 aliphatic heterocycles. The van der Waals surface area contributed by atoms with Crippen LogP contribution in [0.3, 0.4) is 0 Å². The number of rotatable bonds is 6. The third kappa shape index (κ3) is 4.78. The van der Waals surface area contributed by atoms with Crippen LogP contribution >= 0.6 is 0 Å². The van der Waals surface area contributed by atoms with Gasteiger partial charge in [-0.1, -0.05) is 24.3 Å². The van der Waals surface area contributed by atoms with Crippen LogP contribution in [0.5, 0.6) is 0 Å². The van der Waals surface area contributed by atoms with E-state index >= 15 is 0 Å². The first-order chi connectivity index (χ1) is 8.13. The molecule has 0 amide bonds. The Morgan fingerprint density at radius 1 is 1.53 bits per heavy atom. The van der Waals surface area contributed by atoms with Crippen LogP contribution < -0.4 is 5.32 Å². The maximum atomic E-state index is 13.5. The molecule has 0 saturated heterocycles. The first kappa shape index (κ1) is 13.4. The summed E-state index contributed by atoms with van der Waals surface area (Å²) in [5, 5.41) is 11.6. The van der Waals surface area contributed by atoms with Gasteiger partial charge in [0.25, 0.3) is 0 Å². The average Bonchev–Trinajstić information content (AvgIpc) is 2.26. The minimum atomic E-state index is -0.957. The zero-order chi connectivity index (χ0) is 12.7. The molecule has 0 heterocycles. The van der Waals surface area contributed by atoms with Crippen molar-refractivity contribution in [2.45, 2.75) is 12.8 Å². The molecule has 0 aliphatic carbocycles. The monoisotopic (exact) mass is 237 g/mol. The van der Waals surface area contributed by atoms with Crippen molar-refractivity contribution in [3.05, 3.63) is 41.2 Å². The number of carbonyl (C=O) groups is 1. The minimum Gasteiger partial charge on any atom is -0.481 e. The first-order valence-corrected chi connectivity index (χ1v) is 5.45. The quantitative estimate of drug-likeness (QED) is 0.745. The van der Waals surface area contributed by atoms with Gasteiger partial charge in [-0.15, -0.1) is 0 Å². The number of nitrogens with one attached hydrogen (secondary N) is 1. The maximum Gasteiger partial charge on any atom is 0.307 e. The fraction of sp³-hybridized carbons (Fsp3) is 0.308. The SMILES string of the molecule is CNCCC=Cc1ccc(CC(=O)O)cc1F. The van der Waals surface area contributed by atoms with Crippen molar-refractivity contribution >= 4 is 12.0 Å². The van der Waals surface area contributed by atoms with Crippen molar-refractivity contribution < 1.29 is 14.3 Å². The lowest BCUT2D eigenvalue weighted by atomic mass is 10.1. The van der Waals surface area contributed by atoms with E-state index in [4.69, 9.17) is 5.11 Å². The number of halogens is 1. The molecule has 2 N–H and O–H groups in total. The molecule has 0 spiro atoms. The Bertz CT molecular complexity index is 416. The van der Waals surface area contributed by atoms with Crippen molar-refractivity contribution in [1.29, 1.82) is 0 Å². The summed E-state index contributed by atoms with van der Waals surface area (Å²) >= 11 is 0. The summed E-state index contributed by atoms with van der Waals surface area (Å²) in [6.07, 6.45) is 4.26. The lowest BCUT2D eigenvalue weighted by molar-refractivity contribution is -0.136. The molecule has 0 aromatic heterocycles. The summed E-state index contributed by atoms with van der Waals surface area (Å²) in [6, 6.07) is 4.50. The molecule has 92 valence electrons. The fourth-order valence-electron chi connectivity index (χ4n) is 1.43. The molecule has 1 rings (SSSR count). The van der Waals surface area contributed by atoms with Gasteiger partial charge in [-0.25, -0.2) is 4.39 Å². The Balaban J connectivity index is 2.69. The lowest BCUT2D eigenvalue weighted by Gasteiger charge is -2.01. The van der Waals surface area contributed by atoms with Crippen LogP contribution in [-0.2, 0) is 11.2 Å². The van der Waals surface area contributed by atoms with Crippen molar-refractivity contribution in [1.82, 2.24) is 5.32 Å². The van der Waals surface area contributed by atoms with Crippen molar-refractivity contribution in [2.24, 2.45) is 0 Å². The highest BCUT2D eigenvalue weighted by molar-refractivity contribution is 5.70. The molecule has 4 heteroatoms. The first-order valence-electron chi connectivity index (χ1n) is 5.45. The average molecular weight is 237 g/mol. The second-order valence-electron chi connectivity index (χ2n) is 3.72. The highest BCUT2D eigenvalue weighted by Crippen LogP contribution is 2.13. The summed E-state index contributed by atoms with van der Waals surface area (Å²) < 4.78 is 13.5. The number of carboxylic acids is 1. The largest absolute Gasteiger partial charge is 0.481 e. The van der Waals surface area contributed by atoms with Gasteiger partial charge in [0.2, 0.25) is 0 Å². The highest BCUT2D eigenvalue weighted by Gasteiger charge is 2.04. The predicted molar refractivity (Wildman–Crippen MR) is 65.3 cm³/mol. The molecule has 0 saturated carbocycles. The minimum absolute atomic E-state index is 0.152. The van der Waals surface area contributed by atoms with Crippen molar-refractivity contribution in [3.63, 3.8) is 0 Å². The Labute approximate surface area is 100.0 Å². The smallest absolute Gasteiger partial charge is 0.307 e. The van der Waals surface area contributed by atoms with Crippen molar-refractivity contribution in [3.8, 4) is 0 Å². The Kier molecular flexibility index (Phi) is 5.36. The van der Waals surface area contributed by atoms with Crippen LogP contribution in [0.15, 0.2) is 24.3 Å². The molecule has 0 radical (unpaired) electrons. The van der Waals surface area contributed by atoms with Crippen LogP contribution in [0.4, 0.5) is 4.39 Å². The Morgan fingerprint density at radius 3 is 2.88 bits per heavy atom. The van der Waals surface area contributed by atoms with Gasteiger partial charge in [0.15, 0.2) is 0 Å². The summed E-state index contributed by atoms with van der Waals surface area (Å²) in [5.74, 6) is -1.34. The van der Waals surface area contributed by atoms with E-state index in [1.807, 2.05) is 13.1 Å². The summed E-state index contributed by atoms with van der Waals surface area (Å²) in [5.41, 5.74) is 0.956. The molecule has 0 atom stereocenters. The zero-order valence-corrected chi connectivity index (χ0v) is 9.74. The van der Waals surface area contributed by atoms with Gasteiger partial charge in [0.05, 0.1) is 6.42 Å². The molecule has 0 bridgehead atoms. The third-order valence-electron chi connectivity index (χ3n) is 2.28. The maximum absolute atomic E-state index is 13.5. The van der Waals surface area contributed by atoms with Gasteiger partial charge >= 0.3 is 5.97 Å². The van der Waals surface area contributed by atoms with Crippen LogP contribution in [-0.4, -0.2) is 24.7 Å². The fourth-order valence-corrected chi connectivity index (χ4v) is 1.43. The van der Waals surface area contributed by atoms with Crippen LogP contribution in [0.2, 0.25) is 0 Å². The summed E-state index contributed by atoms with van der Waals surface area (Å²) in [7, 11) is 1.86. The number of hydrogen-bond acceptors (Lipinski definition) is 2. The molecule has 0 unspecified atom stereocenters. The van der Waals surface area contributed by atoms with Gasteiger partial charge in [0.1, 0.15) is 5.82 Å². The summed E-state index contributed by atoms with van der Waals surface area (Å²) in [6.45, 7) is 0.842. The molecular weight excluding hydrogens is 221 g/mol. The van der Waals surface area contributed by atoms with E-state index in [1.54, 1.807) is 18.2 Å². The molecule has 0 aliphatic rings. The topological polar surface area (TPSA) is 49.3 Å².